The van der Waals surface area contributed by atoms with E-state index in [1.54, 1.807) is 35.4 Å². The Morgan fingerprint density at radius 2 is 2.29 bits per heavy atom. The summed E-state index contributed by atoms with van der Waals surface area (Å²) < 4.78 is 7.39. The Labute approximate surface area is 137 Å². The van der Waals surface area contributed by atoms with E-state index < -0.39 is 0 Å². The van der Waals surface area contributed by atoms with Crippen molar-refractivity contribution in [1.29, 1.82) is 0 Å². The van der Waals surface area contributed by atoms with Crippen LogP contribution in [0.15, 0.2) is 49.1 Å². The van der Waals surface area contributed by atoms with Crippen molar-refractivity contribution in [2.45, 2.75) is 18.6 Å². The van der Waals surface area contributed by atoms with Gasteiger partial charge in [-0.1, -0.05) is 0 Å². The van der Waals surface area contributed by atoms with Crippen LogP contribution in [0.3, 0.4) is 0 Å². The van der Waals surface area contributed by atoms with Crippen LogP contribution in [0, 0.1) is 0 Å². The van der Waals surface area contributed by atoms with Crippen molar-refractivity contribution >= 4 is 5.91 Å². The molecule has 8 heteroatoms. The van der Waals surface area contributed by atoms with E-state index in [1.165, 1.54) is 0 Å². The van der Waals surface area contributed by atoms with E-state index in [2.05, 4.69) is 25.6 Å². The van der Waals surface area contributed by atoms with E-state index in [1.807, 2.05) is 18.3 Å². The lowest BCUT2D eigenvalue weighted by Gasteiger charge is -2.18. The largest absolute Gasteiger partial charge is 0.370 e. The van der Waals surface area contributed by atoms with Gasteiger partial charge in [0.05, 0.1) is 17.4 Å². The van der Waals surface area contributed by atoms with Gasteiger partial charge >= 0.3 is 0 Å². The van der Waals surface area contributed by atoms with Gasteiger partial charge in [-0.2, -0.15) is 10.2 Å². The van der Waals surface area contributed by atoms with Gasteiger partial charge in [0, 0.05) is 31.4 Å². The molecule has 1 amide bonds. The summed E-state index contributed by atoms with van der Waals surface area (Å²) in [6.07, 6.45) is 7.30. The molecule has 2 N–H and O–H groups in total. The Morgan fingerprint density at radius 1 is 1.33 bits per heavy atom. The number of pyridine rings is 1. The third-order valence-corrected chi connectivity index (χ3v) is 3.98. The second-order valence-corrected chi connectivity index (χ2v) is 5.52. The molecule has 1 fully saturated rings. The molecule has 0 saturated carbocycles. The summed E-state index contributed by atoms with van der Waals surface area (Å²) in [6, 6.07) is 7.07. The lowest BCUT2D eigenvalue weighted by molar-refractivity contribution is 0.0804. The predicted octanol–water partition coefficient (Wildman–Crippen LogP) is 1.25. The molecule has 8 nitrogen and oxygen atoms in total. The number of rotatable bonds is 4. The zero-order valence-electron chi connectivity index (χ0n) is 12.8. The molecule has 2 atom stereocenters. The number of carbonyl (C=O) groups excluding carboxylic acids is 1. The van der Waals surface area contributed by atoms with Gasteiger partial charge in [-0.15, -0.1) is 0 Å². The second-order valence-electron chi connectivity index (χ2n) is 5.52. The van der Waals surface area contributed by atoms with Gasteiger partial charge in [-0.25, -0.2) is 4.68 Å². The van der Waals surface area contributed by atoms with Crippen molar-refractivity contribution in [3.63, 3.8) is 0 Å². The molecule has 24 heavy (non-hydrogen) atoms. The highest BCUT2D eigenvalue weighted by Gasteiger charge is 2.32. The fourth-order valence-corrected chi connectivity index (χ4v) is 2.82. The van der Waals surface area contributed by atoms with Gasteiger partial charge in [-0.05, 0) is 30.7 Å². The van der Waals surface area contributed by atoms with Crippen molar-refractivity contribution in [3.05, 3.63) is 60.4 Å². The number of amides is 1. The Balaban J connectivity index is 1.51. The molecule has 0 unspecified atom stereocenters. The molecule has 1 aliphatic heterocycles. The number of nitrogens with one attached hydrogen (secondary N) is 2. The van der Waals surface area contributed by atoms with Crippen LogP contribution in [0.25, 0.3) is 5.69 Å². The minimum atomic E-state index is -0.232. The smallest absolute Gasteiger partial charge is 0.270 e. The molecule has 0 bridgehead atoms. The summed E-state index contributed by atoms with van der Waals surface area (Å²) in [7, 11) is 0. The first-order valence-electron chi connectivity index (χ1n) is 7.69. The van der Waals surface area contributed by atoms with Crippen LogP contribution < -0.4 is 5.32 Å². The lowest BCUT2D eigenvalue weighted by Crippen LogP contribution is -2.37. The van der Waals surface area contributed by atoms with E-state index in [-0.39, 0.29) is 18.1 Å². The minimum absolute atomic E-state index is 0.117. The fourth-order valence-electron chi connectivity index (χ4n) is 2.82. The van der Waals surface area contributed by atoms with Gasteiger partial charge in [0.25, 0.3) is 5.91 Å². The third-order valence-electron chi connectivity index (χ3n) is 3.98. The number of H-pyrrole nitrogens is 1. The van der Waals surface area contributed by atoms with E-state index in [9.17, 15) is 4.79 Å². The van der Waals surface area contributed by atoms with Crippen LogP contribution in [0.2, 0.25) is 0 Å². The molecule has 1 saturated heterocycles. The summed E-state index contributed by atoms with van der Waals surface area (Å²) in [5.41, 5.74) is 1.99. The number of hydrogen-bond donors (Lipinski definition) is 2. The zero-order valence-corrected chi connectivity index (χ0v) is 12.8. The molecular weight excluding hydrogens is 308 g/mol. The van der Waals surface area contributed by atoms with Crippen molar-refractivity contribution < 1.29 is 9.53 Å². The number of carbonyl (C=O) groups is 1. The maximum Gasteiger partial charge on any atom is 0.270 e. The molecule has 4 rings (SSSR count). The van der Waals surface area contributed by atoms with Crippen LogP contribution in [0.1, 0.15) is 28.7 Å². The van der Waals surface area contributed by atoms with E-state index >= 15 is 0 Å². The first kappa shape index (κ1) is 14.6. The average molecular weight is 324 g/mol. The predicted molar refractivity (Wildman–Crippen MR) is 84.5 cm³/mol. The van der Waals surface area contributed by atoms with E-state index in [4.69, 9.17) is 4.74 Å². The molecule has 3 aromatic rings. The van der Waals surface area contributed by atoms with Crippen molar-refractivity contribution in [1.82, 2.24) is 30.3 Å². The molecule has 4 heterocycles. The fraction of sp³-hybridized carbons (Fsp3) is 0.250. The second kappa shape index (κ2) is 6.25. The Hall–Kier alpha value is -3.00. The molecule has 122 valence electrons. The number of nitrogens with zero attached hydrogens (tertiary/aromatic N) is 4. The first-order valence-corrected chi connectivity index (χ1v) is 7.69. The average Bonchev–Trinajstić information content (AvgIpc) is 3.36. The normalized spacial score (nSPS) is 20.2. The summed E-state index contributed by atoms with van der Waals surface area (Å²) >= 11 is 0. The zero-order chi connectivity index (χ0) is 16.4. The monoisotopic (exact) mass is 324 g/mol. The Bertz CT molecular complexity index is 815. The van der Waals surface area contributed by atoms with Crippen LogP contribution in [0.5, 0.6) is 0 Å². The lowest BCUT2D eigenvalue weighted by atomic mass is 10.1. The first-order chi connectivity index (χ1) is 11.8. The number of aromatic amines is 1. The highest BCUT2D eigenvalue weighted by atomic mass is 16.5. The molecular formula is C16H16N6O2. The van der Waals surface area contributed by atoms with Crippen molar-refractivity contribution in [3.8, 4) is 5.69 Å². The number of ether oxygens (including phenoxy) is 1. The summed E-state index contributed by atoms with van der Waals surface area (Å²) in [5.74, 6) is -0.232. The highest BCUT2D eigenvalue weighted by molar-refractivity contribution is 5.93. The van der Waals surface area contributed by atoms with Crippen LogP contribution in [-0.2, 0) is 4.74 Å². The van der Waals surface area contributed by atoms with Crippen LogP contribution in [-0.4, -0.2) is 43.5 Å². The van der Waals surface area contributed by atoms with Gasteiger partial charge in [0.2, 0.25) is 0 Å². The van der Waals surface area contributed by atoms with Gasteiger partial charge in [-0.3, -0.25) is 14.9 Å². The molecule has 0 aliphatic carbocycles. The summed E-state index contributed by atoms with van der Waals surface area (Å²) in [5, 5.41) is 14.0. The molecule has 3 aromatic heterocycles. The Morgan fingerprint density at radius 3 is 3.08 bits per heavy atom. The third kappa shape index (κ3) is 2.79. The SMILES string of the molecule is O=C(N[C@@H]1CCO[C@H]1c1ccn[nH]1)c1cc(-n2cccn2)ccn1. The maximum atomic E-state index is 12.6. The molecule has 0 radical (unpaired) electrons. The van der Waals surface area contributed by atoms with E-state index in [0.717, 1.165) is 17.8 Å². The standard InChI is InChI=1S/C16H16N6O2/c23-16(14-10-11(2-6-17-14)22-8-1-5-19-22)20-12-4-9-24-15(12)13-3-7-18-21-13/h1-3,5-8,10,12,15H,4,9H2,(H,18,21)(H,20,23)/t12-,15-/m1/s1. The maximum absolute atomic E-state index is 12.6. The highest BCUT2D eigenvalue weighted by Crippen LogP contribution is 2.27. The summed E-state index contributed by atoms with van der Waals surface area (Å²) in [6.45, 7) is 0.593. The minimum Gasteiger partial charge on any atom is -0.370 e. The van der Waals surface area contributed by atoms with Crippen molar-refractivity contribution in [2.24, 2.45) is 0 Å². The molecule has 0 aromatic carbocycles. The van der Waals surface area contributed by atoms with Crippen molar-refractivity contribution in [2.75, 3.05) is 6.61 Å². The van der Waals surface area contributed by atoms with Gasteiger partial charge < -0.3 is 10.1 Å². The summed E-state index contributed by atoms with van der Waals surface area (Å²) in [4.78, 5) is 16.7. The van der Waals surface area contributed by atoms with Crippen LogP contribution >= 0.6 is 0 Å². The van der Waals surface area contributed by atoms with Crippen LogP contribution in [0.4, 0.5) is 0 Å². The van der Waals surface area contributed by atoms with E-state index in [0.29, 0.717) is 12.3 Å². The number of hydrogen-bond acceptors (Lipinski definition) is 5. The molecule has 1 aliphatic rings. The van der Waals surface area contributed by atoms with Gasteiger partial charge in [0.15, 0.2) is 0 Å². The quantitative estimate of drug-likeness (QED) is 0.753. The Kier molecular flexibility index (Phi) is 3.80. The topological polar surface area (TPSA) is 97.7 Å². The number of aromatic nitrogens is 5. The van der Waals surface area contributed by atoms with Gasteiger partial charge in [0.1, 0.15) is 11.8 Å². The molecule has 0 spiro atoms.